The number of benzene rings is 1. The average molecular weight is 392 g/mol. The van der Waals surface area contributed by atoms with E-state index in [9.17, 15) is 4.79 Å². The quantitative estimate of drug-likeness (QED) is 0.830. The molecule has 2 aliphatic heterocycles. The predicted octanol–water partition coefficient (Wildman–Crippen LogP) is 2.37. The van der Waals surface area contributed by atoms with Crippen LogP contribution in [0.4, 0.5) is 0 Å². The normalized spacial score (nSPS) is 20.0. The van der Waals surface area contributed by atoms with Gasteiger partial charge in [-0.3, -0.25) is 4.79 Å². The second-order valence-electron chi connectivity index (χ2n) is 5.40. The van der Waals surface area contributed by atoms with Gasteiger partial charge in [-0.15, -0.1) is 12.4 Å². The molecule has 0 spiro atoms. The molecule has 2 heterocycles. The third-order valence-corrected chi connectivity index (χ3v) is 4.40. The first-order chi connectivity index (χ1) is 10.2. The van der Waals surface area contributed by atoms with E-state index in [1.807, 2.05) is 0 Å². The average Bonchev–Trinajstić information content (AvgIpc) is 2.53. The topological polar surface area (TPSA) is 59.6 Å². The zero-order chi connectivity index (χ0) is 14.7. The maximum atomic E-state index is 12.3. The first-order valence-electron chi connectivity index (χ1n) is 7.32. The molecule has 1 aromatic rings. The second kappa shape index (κ2) is 8.04. The van der Waals surface area contributed by atoms with Crippen LogP contribution >= 0.6 is 28.3 Å². The lowest BCUT2D eigenvalue weighted by Crippen LogP contribution is -2.38. The molecule has 1 atom stereocenters. The van der Waals surface area contributed by atoms with Crippen molar-refractivity contribution in [2.45, 2.75) is 12.8 Å². The van der Waals surface area contributed by atoms with E-state index in [-0.39, 0.29) is 18.3 Å². The summed E-state index contributed by atoms with van der Waals surface area (Å²) >= 11 is 3.43. The largest absolute Gasteiger partial charge is 0.486 e. The van der Waals surface area contributed by atoms with Crippen molar-refractivity contribution < 1.29 is 14.3 Å². The van der Waals surface area contributed by atoms with Gasteiger partial charge < -0.3 is 20.1 Å². The standard InChI is InChI=1S/C15H19BrN2O3.ClH/c16-12-6-11(7-13-14(12)21-5-4-20-13)15(19)18-9-10-2-1-3-17-8-10;/h6-7,10,17H,1-5,8-9H2,(H,18,19);1H. The van der Waals surface area contributed by atoms with Crippen LogP contribution in [0.3, 0.4) is 0 Å². The van der Waals surface area contributed by atoms with Crippen molar-refractivity contribution >= 4 is 34.2 Å². The Hall–Kier alpha value is -0.980. The summed E-state index contributed by atoms with van der Waals surface area (Å²) in [6.45, 7) is 3.81. The van der Waals surface area contributed by atoms with Crippen LogP contribution in [0.5, 0.6) is 11.5 Å². The molecule has 0 saturated carbocycles. The molecule has 1 unspecified atom stereocenters. The molecular weight excluding hydrogens is 372 g/mol. The number of nitrogens with one attached hydrogen (secondary N) is 2. The Labute approximate surface area is 144 Å². The Morgan fingerprint density at radius 1 is 1.36 bits per heavy atom. The van der Waals surface area contributed by atoms with E-state index < -0.39 is 0 Å². The fourth-order valence-corrected chi connectivity index (χ4v) is 3.24. The Balaban J connectivity index is 0.00000176. The zero-order valence-electron chi connectivity index (χ0n) is 12.2. The van der Waals surface area contributed by atoms with Crippen LogP contribution in [-0.4, -0.2) is 38.8 Å². The molecule has 122 valence electrons. The molecule has 5 nitrogen and oxygen atoms in total. The van der Waals surface area contributed by atoms with Gasteiger partial charge in [0.1, 0.15) is 13.2 Å². The summed E-state index contributed by atoms with van der Waals surface area (Å²) in [6, 6.07) is 3.52. The fourth-order valence-electron chi connectivity index (χ4n) is 2.68. The molecule has 1 aromatic carbocycles. The van der Waals surface area contributed by atoms with Gasteiger partial charge in [0, 0.05) is 12.1 Å². The van der Waals surface area contributed by atoms with Gasteiger partial charge in [0.15, 0.2) is 11.5 Å². The first kappa shape index (κ1) is 17.4. The molecule has 0 bridgehead atoms. The van der Waals surface area contributed by atoms with E-state index in [0.717, 1.165) is 24.0 Å². The summed E-state index contributed by atoms with van der Waals surface area (Å²) in [4.78, 5) is 12.3. The molecule has 22 heavy (non-hydrogen) atoms. The van der Waals surface area contributed by atoms with E-state index in [1.165, 1.54) is 6.42 Å². The number of carbonyl (C=O) groups excluding carboxylic acids is 1. The van der Waals surface area contributed by atoms with Gasteiger partial charge in [-0.2, -0.15) is 0 Å². The first-order valence-corrected chi connectivity index (χ1v) is 8.11. The fraction of sp³-hybridized carbons (Fsp3) is 0.533. The smallest absolute Gasteiger partial charge is 0.251 e. The summed E-state index contributed by atoms with van der Waals surface area (Å²) in [6.07, 6.45) is 2.34. The molecule has 7 heteroatoms. The molecule has 1 saturated heterocycles. The summed E-state index contributed by atoms with van der Waals surface area (Å²) < 4.78 is 11.8. The molecule has 0 aliphatic carbocycles. The Morgan fingerprint density at radius 2 is 2.18 bits per heavy atom. The van der Waals surface area contributed by atoms with Crippen LogP contribution in [-0.2, 0) is 0 Å². The summed E-state index contributed by atoms with van der Waals surface area (Å²) in [5.41, 5.74) is 0.592. The molecule has 2 N–H and O–H groups in total. The predicted molar refractivity (Wildman–Crippen MR) is 90.3 cm³/mol. The van der Waals surface area contributed by atoms with Crippen molar-refractivity contribution in [3.8, 4) is 11.5 Å². The van der Waals surface area contributed by atoms with Crippen molar-refractivity contribution in [1.82, 2.24) is 10.6 Å². The van der Waals surface area contributed by atoms with E-state index in [1.54, 1.807) is 12.1 Å². The number of amides is 1. The zero-order valence-corrected chi connectivity index (χ0v) is 14.6. The number of ether oxygens (including phenoxy) is 2. The number of hydrogen-bond donors (Lipinski definition) is 2. The maximum absolute atomic E-state index is 12.3. The van der Waals surface area contributed by atoms with E-state index >= 15 is 0 Å². The van der Waals surface area contributed by atoms with Gasteiger partial charge in [-0.1, -0.05) is 0 Å². The lowest BCUT2D eigenvalue weighted by atomic mass is 9.99. The number of piperidine rings is 1. The summed E-state index contributed by atoms with van der Waals surface area (Å²) in [5, 5.41) is 6.36. The number of fused-ring (bicyclic) bond motifs is 1. The van der Waals surface area contributed by atoms with Crippen LogP contribution in [0.15, 0.2) is 16.6 Å². The van der Waals surface area contributed by atoms with Gasteiger partial charge in [0.25, 0.3) is 5.91 Å². The highest BCUT2D eigenvalue weighted by Crippen LogP contribution is 2.38. The van der Waals surface area contributed by atoms with Crippen LogP contribution in [0.25, 0.3) is 0 Å². The van der Waals surface area contributed by atoms with Gasteiger partial charge in [-0.05, 0) is 59.9 Å². The number of rotatable bonds is 3. The number of carbonyl (C=O) groups is 1. The van der Waals surface area contributed by atoms with Crippen LogP contribution in [0.2, 0.25) is 0 Å². The molecule has 1 amide bonds. The molecule has 0 radical (unpaired) electrons. The van der Waals surface area contributed by atoms with E-state index in [0.29, 0.717) is 42.7 Å². The molecule has 3 rings (SSSR count). The minimum absolute atomic E-state index is 0. The Bertz CT molecular complexity index is 536. The number of hydrogen-bond acceptors (Lipinski definition) is 4. The van der Waals surface area contributed by atoms with Crippen molar-refractivity contribution in [3.05, 3.63) is 22.2 Å². The lowest BCUT2D eigenvalue weighted by molar-refractivity contribution is 0.0943. The summed E-state index contributed by atoms with van der Waals surface area (Å²) in [5.74, 6) is 1.75. The van der Waals surface area contributed by atoms with Crippen LogP contribution in [0, 0.1) is 5.92 Å². The van der Waals surface area contributed by atoms with E-state index in [4.69, 9.17) is 9.47 Å². The minimum Gasteiger partial charge on any atom is -0.486 e. The van der Waals surface area contributed by atoms with Crippen molar-refractivity contribution in [1.29, 1.82) is 0 Å². The highest BCUT2D eigenvalue weighted by Gasteiger charge is 2.20. The van der Waals surface area contributed by atoms with Crippen LogP contribution in [0.1, 0.15) is 23.2 Å². The van der Waals surface area contributed by atoms with Crippen LogP contribution < -0.4 is 20.1 Å². The maximum Gasteiger partial charge on any atom is 0.251 e. The molecular formula is C15H20BrClN2O3. The third kappa shape index (κ3) is 4.06. The van der Waals surface area contributed by atoms with Gasteiger partial charge in [-0.25, -0.2) is 0 Å². The van der Waals surface area contributed by atoms with E-state index in [2.05, 4.69) is 26.6 Å². The highest BCUT2D eigenvalue weighted by molar-refractivity contribution is 9.10. The van der Waals surface area contributed by atoms with Gasteiger partial charge in [0.2, 0.25) is 0 Å². The SMILES string of the molecule is Cl.O=C(NCC1CCCNC1)c1cc(Br)c2c(c1)OCCO2. The van der Waals surface area contributed by atoms with Crippen molar-refractivity contribution in [3.63, 3.8) is 0 Å². The van der Waals surface area contributed by atoms with Crippen molar-refractivity contribution in [2.75, 3.05) is 32.8 Å². The van der Waals surface area contributed by atoms with Gasteiger partial charge in [0.05, 0.1) is 4.47 Å². The second-order valence-corrected chi connectivity index (χ2v) is 6.26. The minimum atomic E-state index is -0.0711. The third-order valence-electron chi connectivity index (χ3n) is 3.81. The number of halogens is 2. The molecule has 1 fully saturated rings. The molecule has 0 aromatic heterocycles. The monoisotopic (exact) mass is 390 g/mol. The lowest BCUT2D eigenvalue weighted by Gasteiger charge is -2.23. The van der Waals surface area contributed by atoms with Crippen molar-refractivity contribution in [2.24, 2.45) is 5.92 Å². The van der Waals surface area contributed by atoms with Gasteiger partial charge >= 0.3 is 0 Å². The Kier molecular flexibility index (Phi) is 6.35. The highest BCUT2D eigenvalue weighted by atomic mass is 79.9. The molecule has 2 aliphatic rings. The summed E-state index contributed by atoms with van der Waals surface area (Å²) in [7, 11) is 0. The Morgan fingerprint density at radius 3 is 2.95 bits per heavy atom.